The molecule has 2 aromatic rings. The van der Waals surface area contributed by atoms with E-state index >= 15 is 0 Å². The molecule has 0 bridgehead atoms. The van der Waals surface area contributed by atoms with Gasteiger partial charge in [0.1, 0.15) is 0 Å². The van der Waals surface area contributed by atoms with Crippen LogP contribution in [-0.2, 0) is 6.54 Å². The summed E-state index contributed by atoms with van der Waals surface area (Å²) in [6.07, 6.45) is 0. The fourth-order valence-electron chi connectivity index (χ4n) is 1.61. The Morgan fingerprint density at radius 1 is 1.30 bits per heavy atom. The molecular formula is C12H14N4O4. The van der Waals surface area contributed by atoms with E-state index in [0.29, 0.717) is 11.5 Å². The van der Waals surface area contributed by atoms with Crippen molar-refractivity contribution < 1.29 is 18.9 Å². The van der Waals surface area contributed by atoms with Crippen LogP contribution >= 0.6 is 0 Å². The maximum absolute atomic E-state index is 11.8. The molecule has 0 radical (unpaired) electrons. The van der Waals surface area contributed by atoms with Gasteiger partial charge in [-0.05, 0) is 28.0 Å². The Labute approximate surface area is 114 Å². The average Bonchev–Trinajstić information content (AvgIpc) is 2.90. The molecule has 0 spiro atoms. The lowest BCUT2D eigenvalue weighted by molar-refractivity contribution is 0.0941. The van der Waals surface area contributed by atoms with E-state index in [1.54, 1.807) is 26.4 Å². The van der Waals surface area contributed by atoms with E-state index in [-0.39, 0.29) is 18.1 Å². The van der Waals surface area contributed by atoms with E-state index in [4.69, 9.17) is 15.2 Å². The normalized spacial score (nSPS) is 10.1. The fraction of sp³-hybridized carbons (Fsp3) is 0.250. The highest BCUT2D eigenvalue weighted by atomic mass is 16.6. The van der Waals surface area contributed by atoms with Crippen LogP contribution in [0.15, 0.2) is 22.8 Å². The molecule has 0 saturated carbocycles. The van der Waals surface area contributed by atoms with Crippen LogP contribution < -0.4 is 20.5 Å². The number of methoxy groups -OCH3 is 2. The largest absolute Gasteiger partial charge is 0.493 e. The number of nitrogens with one attached hydrogen (secondary N) is 1. The number of nitrogens with two attached hydrogens (primary N) is 1. The number of hydrogen-bond acceptors (Lipinski definition) is 7. The van der Waals surface area contributed by atoms with Crippen molar-refractivity contribution in [2.75, 3.05) is 20.0 Å². The number of rotatable bonds is 5. The van der Waals surface area contributed by atoms with Crippen molar-refractivity contribution in [1.82, 2.24) is 15.6 Å². The molecule has 0 aliphatic rings. The van der Waals surface area contributed by atoms with E-state index < -0.39 is 5.91 Å². The third-order valence-corrected chi connectivity index (χ3v) is 2.63. The van der Waals surface area contributed by atoms with Crippen molar-refractivity contribution in [2.45, 2.75) is 6.54 Å². The van der Waals surface area contributed by atoms with Crippen molar-refractivity contribution in [1.29, 1.82) is 0 Å². The summed E-state index contributed by atoms with van der Waals surface area (Å²) in [7, 11) is 3.10. The van der Waals surface area contributed by atoms with Gasteiger partial charge in [0, 0.05) is 6.54 Å². The van der Waals surface area contributed by atoms with Gasteiger partial charge in [0.05, 0.1) is 14.2 Å². The van der Waals surface area contributed by atoms with E-state index in [9.17, 15) is 4.79 Å². The zero-order valence-corrected chi connectivity index (χ0v) is 11.0. The van der Waals surface area contributed by atoms with Crippen LogP contribution in [0.4, 0.5) is 5.82 Å². The maximum atomic E-state index is 11.8. The highest BCUT2D eigenvalue weighted by molar-refractivity contribution is 5.95. The molecule has 20 heavy (non-hydrogen) atoms. The molecule has 1 aromatic heterocycles. The molecule has 0 aliphatic carbocycles. The summed E-state index contributed by atoms with van der Waals surface area (Å²) in [5.41, 5.74) is 6.23. The molecule has 0 aliphatic heterocycles. The molecule has 1 amide bonds. The summed E-state index contributed by atoms with van der Waals surface area (Å²) < 4.78 is 14.7. The van der Waals surface area contributed by atoms with Gasteiger partial charge in [-0.2, -0.15) is 0 Å². The lowest BCUT2D eigenvalue weighted by Crippen LogP contribution is -2.24. The summed E-state index contributed by atoms with van der Waals surface area (Å²) in [6.45, 7) is 0.283. The van der Waals surface area contributed by atoms with Crippen LogP contribution in [0, 0.1) is 0 Å². The Hall–Kier alpha value is -2.77. The first kappa shape index (κ1) is 13.7. The van der Waals surface area contributed by atoms with Crippen LogP contribution in [0.2, 0.25) is 0 Å². The lowest BCUT2D eigenvalue weighted by atomic mass is 10.2. The monoisotopic (exact) mass is 278 g/mol. The van der Waals surface area contributed by atoms with Gasteiger partial charge < -0.3 is 20.5 Å². The van der Waals surface area contributed by atoms with Gasteiger partial charge in [-0.3, -0.25) is 4.79 Å². The first-order valence-electron chi connectivity index (χ1n) is 5.73. The summed E-state index contributed by atoms with van der Waals surface area (Å²) in [4.78, 5) is 11.8. The third kappa shape index (κ3) is 2.79. The van der Waals surface area contributed by atoms with E-state index in [1.165, 1.54) is 0 Å². The second-order valence-electron chi connectivity index (χ2n) is 3.87. The molecule has 0 fully saturated rings. The van der Waals surface area contributed by atoms with Crippen molar-refractivity contribution in [2.24, 2.45) is 0 Å². The Morgan fingerprint density at radius 2 is 2.05 bits per heavy atom. The minimum absolute atomic E-state index is 0.0366. The van der Waals surface area contributed by atoms with Crippen molar-refractivity contribution >= 4 is 11.7 Å². The highest BCUT2D eigenvalue weighted by Gasteiger charge is 2.15. The van der Waals surface area contributed by atoms with Gasteiger partial charge >= 0.3 is 0 Å². The first-order chi connectivity index (χ1) is 9.65. The van der Waals surface area contributed by atoms with Gasteiger partial charge in [-0.1, -0.05) is 6.07 Å². The molecule has 2 rings (SSSR count). The Bertz CT molecular complexity index is 611. The van der Waals surface area contributed by atoms with Gasteiger partial charge in [-0.25, -0.2) is 4.63 Å². The van der Waals surface area contributed by atoms with Crippen molar-refractivity contribution in [3.63, 3.8) is 0 Å². The Balaban J connectivity index is 2.04. The molecule has 106 valence electrons. The zero-order chi connectivity index (χ0) is 14.5. The number of carbonyl (C=O) groups is 1. The summed E-state index contributed by atoms with van der Waals surface area (Å²) >= 11 is 0. The minimum Gasteiger partial charge on any atom is -0.493 e. The number of carbonyl (C=O) groups excluding carboxylic acids is 1. The zero-order valence-electron chi connectivity index (χ0n) is 11.0. The van der Waals surface area contributed by atoms with Crippen LogP contribution in [-0.4, -0.2) is 30.4 Å². The number of benzene rings is 1. The number of hydrogen-bond donors (Lipinski definition) is 2. The molecule has 8 heteroatoms. The van der Waals surface area contributed by atoms with Gasteiger partial charge in [0.15, 0.2) is 11.5 Å². The predicted molar refractivity (Wildman–Crippen MR) is 69.4 cm³/mol. The number of nitrogens with zero attached hydrogens (tertiary/aromatic N) is 2. The van der Waals surface area contributed by atoms with Crippen molar-refractivity contribution in [3.8, 4) is 11.5 Å². The second-order valence-corrected chi connectivity index (χ2v) is 3.87. The average molecular weight is 278 g/mol. The Morgan fingerprint density at radius 3 is 2.65 bits per heavy atom. The van der Waals surface area contributed by atoms with E-state index in [0.717, 1.165) is 5.56 Å². The molecule has 0 atom stereocenters. The van der Waals surface area contributed by atoms with Gasteiger partial charge in [0.25, 0.3) is 5.91 Å². The number of ether oxygens (including phenoxy) is 2. The second kappa shape index (κ2) is 5.91. The summed E-state index contributed by atoms with van der Waals surface area (Å²) in [6, 6.07) is 5.34. The molecule has 1 aromatic carbocycles. The lowest BCUT2D eigenvalue weighted by Gasteiger charge is -2.09. The quantitative estimate of drug-likeness (QED) is 0.823. The summed E-state index contributed by atoms with van der Waals surface area (Å²) in [5, 5.41) is 9.41. The van der Waals surface area contributed by atoms with Crippen LogP contribution in [0.1, 0.15) is 16.1 Å². The third-order valence-electron chi connectivity index (χ3n) is 2.63. The number of amides is 1. The smallest absolute Gasteiger partial charge is 0.277 e. The van der Waals surface area contributed by atoms with Crippen molar-refractivity contribution in [3.05, 3.63) is 29.5 Å². The van der Waals surface area contributed by atoms with Crippen LogP contribution in [0.25, 0.3) is 0 Å². The molecule has 0 unspecified atom stereocenters. The highest BCUT2D eigenvalue weighted by Crippen LogP contribution is 2.27. The standard InChI is InChI=1S/C12H14N4O4/c1-18-8-4-3-7(5-9(8)19-2)6-14-12(17)10-11(13)16-20-15-10/h3-5H,6H2,1-2H3,(H2,13,16)(H,14,17). The van der Waals surface area contributed by atoms with E-state index in [2.05, 4.69) is 20.3 Å². The molecule has 0 saturated heterocycles. The van der Waals surface area contributed by atoms with Gasteiger partial charge in [0.2, 0.25) is 11.5 Å². The molecule has 3 N–H and O–H groups in total. The number of aromatic nitrogens is 2. The molecule has 8 nitrogen and oxygen atoms in total. The fourth-order valence-corrected chi connectivity index (χ4v) is 1.61. The first-order valence-corrected chi connectivity index (χ1v) is 5.73. The van der Waals surface area contributed by atoms with Gasteiger partial charge in [-0.15, -0.1) is 0 Å². The maximum Gasteiger partial charge on any atom is 0.277 e. The van der Waals surface area contributed by atoms with Crippen LogP contribution in [0.5, 0.6) is 11.5 Å². The Kier molecular flexibility index (Phi) is 4.04. The molecule has 1 heterocycles. The number of anilines is 1. The van der Waals surface area contributed by atoms with Crippen LogP contribution in [0.3, 0.4) is 0 Å². The minimum atomic E-state index is -0.460. The topological polar surface area (TPSA) is 112 Å². The SMILES string of the molecule is COc1ccc(CNC(=O)c2nonc2N)cc1OC. The number of nitrogen functional groups attached to an aromatic ring is 1. The van der Waals surface area contributed by atoms with E-state index in [1.807, 2.05) is 6.07 Å². The predicted octanol–water partition coefficient (Wildman–Crippen LogP) is 0.599. The summed E-state index contributed by atoms with van der Waals surface area (Å²) in [5.74, 6) is 0.697. The molecular weight excluding hydrogens is 264 g/mol.